The molecule has 23 heavy (non-hydrogen) atoms. The van der Waals surface area contributed by atoms with Crippen LogP contribution in [0.25, 0.3) is 0 Å². The van der Waals surface area contributed by atoms with Gasteiger partial charge in [0.15, 0.2) is 0 Å². The first kappa shape index (κ1) is 18.0. The van der Waals surface area contributed by atoms with Crippen molar-refractivity contribution in [1.29, 1.82) is 0 Å². The molecule has 0 saturated heterocycles. The van der Waals surface area contributed by atoms with E-state index >= 15 is 0 Å². The molecule has 1 aliphatic carbocycles. The molecular formula is C21H32O2. The van der Waals surface area contributed by atoms with Crippen molar-refractivity contribution in [2.24, 2.45) is 11.8 Å². The second-order valence-electron chi connectivity index (χ2n) is 7.20. The molecule has 2 heteroatoms. The lowest BCUT2D eigenvalue weighted by atomic mass is 9.69. The van der Waals surface area contributed by atoms with Crippen LogP contribution < -0.4 is 0 Å². The molecule has 0 amide bonds. The van der Waals surface area contributed by atoms with E-state index in [1.807, 2.05) is 0 Å². The molecule has 128 valence electrons. The van der Waals surface area contributed by atoms with Crippen LogP contribution in [0.4, 0.5) is 0 Å². The fourth-order valence-electron chi connectivity index (χ4n) is 4.09. The van der Waals surface area contributed by atoms with Crippen LogP contribution in [0.1, 0.15) is 82.3 Å². The molecule has 3 unspecified atom stereocenters. The average molecular weight is 316 g/mol. The summed E-state index contributed by atoms with van der Waals surface area (Å²) in [5, 5.41) is 9.38. The molecule has 1 aromatic rings. The van der Waals surface area contributed by atoms with Gasteiger partial charge in [-0.3, -0.25) is 4.79 Å². The van der Waals surface area contributed by atoms with Crippen molar-refractivity contribution in [1.82, 2.24) is 0 Å². The number of rotatable bonds is 8. The van der Waals surface area contributed by atoms with Gasteiger partial charge in [-0.2, -0.15) is 0 Å². The van der Waals surface area contributed by atoms with Gasteiger partial charge in [0.25, 0.3) is 0 Å². The van der Waals surface area contributed by atoms with Crippen molar-refractivity contribution in [2.45, 2.75) is 77.6 Å². The molecule has 2 rings (SSSR count). The molecular weight excluding hydrogens is 284 g/mol. The predicted octanol–water partition coefficient (Wildman–Crippen LogP) is 5.80. The normalized spacial score (nSPS) is 24.5. The van der Waals surface area contributed by atoms with E-state index in [1.54, 1.807) is 0 Å². The third-order valence-corrected chi connectivity index (χ3v) is 5.48. The Morgan fingerprint density at radius 1 is 1.09 bits per heavy atom. The lowest BCUT2D eigenvalue weighted by molar-refractivity contribution is -0.143. The summed E-state index contributed by atoms with van der Waals surface area (Å²) in [4.78, 5) is 11.4. The van der Waals surface area contributed by atoms with Gasteiger partial charge in [-0.15, -0.1) is 0 Å². The molecule has 2 nitrogen and oxygen atoms in total. The number of aliphatic carboxylic acids is 1. The fourth-order valence-corrected chi connectivity index (χ4v) is 4.09. The third kappa shape index (κ3) is 5.09. The van der Waals surface area contributed by atoms with E-state index in [-0.39, 0.29) is 5.92 Å². The first-order valence-electron chi connectivity index (χ1n) is 9.47. The molecule has 0 radical (unpaired) electrons. The highest BCUT2D eigenvalue weighted by Crippen LogP contribution is 2.42. The molecule has 0 aliphatic heterocycles. The SMILES string of the molecule is CCCCCc1ccc(C2CC(C(=O)O)CCC2CCC)cc1. The van der Waals surface area contributed by atoms with Crippen LogP contribution in [0.2, 0.25) is 0 Å². The number of benzene rings is 1. The molecule has 0 heterocycles. The number of aryl methyl sites for hydroxylation is 1. The van der Waals surface area contributed by atoms with E-state index in [9.17, 15) is 9.90 Å². The quantitative estimate of drug-likeness (QED) is 0.615. The fraction of sp³-hybridized carbons (Fsp3) is 0.667. The minimum Gasteiger partial charge on any atom is -0.481 e. The van der Waals surface area contributed by atoms with Gasteiger partial charge in [0.05, 0.1) is 5.92 Å². The first-order valence-corrected chi connectivity index (χ1v) is 9.47. The zero-order chi connectivity index (χ0) is 16.7. The van der Waals surface area contributed by atoms with Crippen molar-refractivity contribution < 1.29 is 9.90 Å². The van der Waals surface area contributed by atoms with E-state index in [1.165, 1.54) is 43.2 Å². The van der Waals surface area contributed by atoms with Crippen LogP contribution >= 0.6 is 0 Å². The van der Waals surface area contributed by atoms with Crippen molar-refractivity contribution in [3.05, 3.63) is 35.4 Å². The average Bonchev–Trinajstić information content (AvgIpc) is 2.56. The Balaban J connectivity index is 2.06. The summed E-state index contributed by atoms with van der Waals surface area (Å²) in [6.45, 7) is 4.47. The van der Waals surface area contributed by atoms with Gasteiger partial charge < -0.3 is 5.11 Å². The number of carboxylic acid groups (broad SMARTS) is 1. The standard InChI is InChI=1S/C21H32O2/c1-3-5-6-8-16-9-11-18(12-10-16)20-15-19(21(22)23)14-13-17(20)7-4-2/h9-12,17,19-20H,3-8,13-15H2,1-2H3,(H,22,23). The topological polar surface area (TPSA) is 37.3 Å². The lowest BCUT2D eigenvalue weighted by Crippen LogP contribution is -2.27. The van der Waals surface area contributed by atoms with Crippen LogP contribution in [0.3, 0.4) is 0 Å². The smallest absolute Gasteiger partial charge is 0.306 e. The minimum atomic E-state index is -0.610. The number of unbranched alkanes of at least 4 members (excludes halogenated alkanes) is 2. The zero-order valence-corrected chi connectivity index (χ0v) is 14.8. The minimum absolute atomic E-state index is 0.155. The molecule has 3 atom stereocenters. The highest BCUT2D eigenvalue weighted by molar-refractivity contribution is 5.70. The largest absolute Gasteiger partial charge is 0.481 e. The maximum atomic E-state index is 11.4. The van der Waals surface area contributed by atoms with E-state index in [0.717, 1.165) is 25.7 Å². The summed E-state index contributed by atoms with van der Waals surface area (Å²) < 4.78 is 0. The van der Waals surface area contributed by atoms with Gasteiger partial charge >= 0.3 is 5.97 Å². The maximum absolute atomic E-state index is 11.4. The number of carboxylic acids is 1. The molecule has 1 N–H and O–H groups in total. The Morgan fingerprint density at radius 2 is 1.83 bits per heavy atom. The summed E-state index contributed by atoms with van der Waals surface area (Å²) >= 11 is 0. The van der Waals surface area contributed by atoms with Gasteiger partial charge in [0.1, 0.15) is 0 Å². The molecule has 0 spiro atoms. The van der Waals surface area contributed by atoms with Crippen molar-refractivity contribution in [2.75, 3.05) is 0 Å². The van der Waals surface area contributed by atoms with Crippen LogP contribution in [0.15, 0.2) is 24.3 Å². The highest BCUT2D eigenvalue weighted by Gasteiger charge is 2.34. The van der Waals surface area contributed by atoms with Crippen molar-refractivity contribution >= 4 is 5.97 Å². The summed E-state index contributed by atoms with van der Waals surface area (Å²) in [5.41, 5.74) is 2.77. The van der Waals surface area contributed by atoms with Gasteiger partial charge in [-0.25, -0.2) is 0 Å². The van der Waals surface area contributed by atoms with E-state index < -0.39 is 5.97 Å². The number of hydrogen-bond donors (Lipinski definition) is 1. The summed E-state index contributed by atoms with van der Waals surface area (Å²) in [7, 11) is 0. The van der Waals surface area contributed by atoms with Gasteiger partial charge in [0.2, 0.25) is 0 Å². The van der Waals surface area contributed by atoms with E-state index in [0.29, 0.717) is 11.8 Å². The van der Waals surface area contributed by atoms with E-state index in [4.69, 9.17) is 0 Å². The van der Waals surface area contributed by atoms with Crippen molar-refractivity contribution in [3.63, 3.8) is 0 Å². The van der Waals surface area contributed by atoms with E-state index in [2.05, 4.69) is 38.1 Å². The van der Waals surface area contributed by atoms with Gasteiger partial charge in [-0.1, -0.05) is 63.8 Å². The molecule has 1 aliphatic rings. The van der Waals surface area contributed by atoms with Crippen LogP contribution in [-0.4, -0.2) is 11.1 Å². The zero-order valence-electron chi connectivity index (χ0n) is 14.8. The summed E-state index contributed by atoms with van der Waals surface area (Å²) in [6, 6.07) is 9.05. The Kier molecular flexibility index (Phi) is 7.14. The van der Waals surface area contributed by atoms with Crippen LogP contribution in [-0.2, 0) is 11.2 Å². The molecule has 1 saturated carbocycles. The molecule has 0 bridgehead atoms. The number of hydrogen-bond acceptors (Lipinski definition) is 1. The van der Waals surface area contributed by atoms with Gasteiger partial charge in [0, 0.05) is 0 Å². The van der Waals surface area contributed by atoms with Crippen LogP contribution in [0.5, 0.6) is 0 Å². The van der Waals surface area contributed by atoms with Gasteiger partial charge in [-0.05, 0) is 55.1 Å². The monoisotopic (exact) mass is 316 g/mol. The predicted molar refractivity (Wildman–Crippen MR) is 95.8 cm³/mol. The highest BCUT2D eigenvalue weighted by atomic mass is 16.4. The molecule has 1 aromatic carbocycles. The first-order chi connectivity index (χ1) is 11.2. The Morgan fingerprint density at radius 3 is 2.43 bits per heavy atom. The Labute approximate surface area is 141 Å². The summed E-state index contributed by atoms with van der Waals surface area (Å²) in [6.07, 6.45) is 10.1. The molecule has 0 aromatic heterocycles. The Hall–Kier alpha value is -1.31. The summed E-state index contributed by atoms with van der Waals surface area (Å²) in [5.74, 6) is 0.314. The second kappa shape index (κ2) is 9.10. The second-order valence-corrected chi connectivity index (χ2v) is 7.20. The van der Waals surface area contributed by atoms with Crippen LogP contribution in [0, 0.1) is 11.8 Å². The van der Waals surface area contributed by atoms with Crippen molar-refractivity contribution in [3.8, 4) is 0 Å². The number of carbonyl (C=O) groups is 1. The maximum Gasteiger partial charge on any atom is 0.306 e. The Bertz CT molecular complexity index is 477. The molecule has 1 fully saturated rings. The third-order valence-electron chi connectivity index (χ3n) is 5.48. The lowest BCUT2D eigenvalue weighted by Gasteiger charge is -2.35.